The molecule has 0 saturated carbocycles. The average Bonchev–Trinajstić information content (AvgIpc) is 2.36. The van der Waals surface area contributed by atoms with Crippen LogP contribution in [-0.4, -0.2) is 16.2 Å². The third kappa shape index (κ3) is 1.78. The summed E-state index contributed by atoms with van der Waals surface area (Å²) in [6.07, 6.45) is 3.67. The lowest BCUT2D eigenvalue weighted by Crippen LogP contribution is -2.12. The molecule has 0 saturated heterocycles. The SMILES string of the molecule is CC(CON)c1nccn1C. The molecule has 0 spiro atoms. The minimum absolute atomic E-state index is 0.250. The van der Waals surface area contributed by atoms with Crippen molar-refractivity contribution in [2.45, 2.75) is 12.8 Å². The molecule has 0 aliphatic rings. The fourth-order valence-electron chi connectivity index (χ4n) is 1.07. The zero-order valence-corrected chi connectivity index (χ0v) is 6.82. The Bertz CT molecular complexity index is 221. The van der Waals surface area contributed by atoms with Crippen molar-refractivity contribution < 1.29 is 4.84 Å². The molecule has 1 heterocycles. The molecule has 1 aromatic heterocycles. The third-order valence-corrected chi connectivity index (χ3v) is 1.65. The van der Waals surface area contributed by atoms with E-state index < -0.39 is 0 Å². The van der Waals surface area contributed by atoms with Gasteiger partial charge >= 0.3 is 0 Å². The van der Waals surface area contributed by atoms with Gasteiger partial charge in [0.1, 0.15) is 5.82 Å². The van der Waals surface area contributed by atoms with Crippen molar-refractivity contribution in [3.05, 3.63) is 18.2 Å². The Balaban J connectivity index is 2.67. The molecule has 1 rings (SSSR count). The second-order valence-corrected chi connectivity index (χ2v) is 2.63. The summed E-state index contributed by atoms with van der Waals surface area (Å²) in [5, 5.41) is 0. The monoisotopic (exact) mass is 155 g/mol. The Morgan fingerprint density at radius 3 is 3.00 bits per heavy atom. The maximum absolute atomic E-state index is 4.95. The Hall–Kier alpha value is -0.870. The topological polar surface area (TPSA) is 53.1 Å². The zero-order valence-electron chi connectivity index (χ0n) is 6.82. The maximum atomic E-state index is 4.95. The van der Waals surface area contributed by atoms with Gasteiger partial charge < -0.3 is 9.40 Å². The van der Waals surface area contributed by atoms with E-state index in [0.29, 0.717) is 6.61 Å². The first-order chi connectivity index (χ1) is 5.25. The average molecular weight is 155 g/mol. The van der Waals surface area contributed by atoms with E-state index in [-0.39, 0.29) is 5.92 Å². The van der Waals surface area contributed by atoms with Crippen LogP contribution in [0.2, 0.25) is 0 Å². The molecular formula is C7H13N3O. The third-order valence-electron chi connectivity index (χ3n) is 1.65. The number of hydrogen-bond acceptors (Lipinski definition) is 3. The molecule has 0 aliphatic heterocycles. The van der Waals surface area contributed by atoms with Crippen LogP contribution in [0, 0.1) is 0 Å². The van der Waals surface area contributed by atoms with E-state index in [1.54, 1.807) is 6.20 Å². The van der Waals surface area contributed by atoms with Crippen LogP contribution in [0.5, 0.6) is 0 Å². The van der Waals surface area contributed by atoms with Gasteiger partial charge in [-0.05, 0) is 0 Å². The fraction of sp³-hybridized carbons (Fsp3) is 0.571. The summed E-state index contributed by atoms with van der Waals surface area (Å²) < 4.78 is 1.96. The summed E-state index contributed by atoms with van der Waals surface area (Å²) in [6, 6.07) is 0. The summed E-state index contributed by atoms with van der Waals surface area (Å²) in [6.45, 7) is 2.53. The molecule has 0 bridgehead atoms. The molecule has 0 aromatic carbocycles. The Morgan fingerprint density at radius 2 is 2.55 bits per heavy atom. The van der Waals surface area contributed by atoms with Crippen molar-refractivity contribution in [2.75, 3.05) is 6.61 Å². The molecular weight excluding hydrogens is 142 g/mol. The number of imidazole rings is 1. The van der Waals surface area contributed by atoms with Crippen LogP contribution in [0.15, 0.2) is 12.4 Å². The highest BCUT2D eigenvalue weighted by atomic mass is 16.6. The van der Waals surface area contributed by atoms with Crippen molar-refractivity contribution in [1.29, 1.82) is 0 Å². The number of nitrogens with two attached hydrogens (primary N) is 1. The number of hydrogen-bond donors (Lipinski definition) is 1. The van der Waals surface area contributed by atoms with Crippen LogP contribution in [0.1, 0.15) is 18.7 Å². The molecule has 0 amide bonds. The van der Waals surface area contributed by atoms with E-state index in [2.05, 4.69) is 9.82 Å². The van der Waals surface area contributed by atoms with Gasteiger partial charge in [-0.25, -0.2) is 10.9 Å². The van der Waals surface area contributed by atoms with E-state index in [1.165, 1.54) is 0 Å². The van der Waals surface area contributed by atoms with E-state index in [0.717, 1.165) is 5.82 Å². The summed E-state index contributed by atoms with van der Waals surface area (Å²) in [4.78, 5) is 8.69. The van der Waals surface area contributed by atoms with Crippen molar-refractivity contribution in [3.63, 3.8) is 0 Å². The standard InChI is InChI=1S/C7H13N3O/c1-6(5-11-8)7-9-3-4-10(7)2/h3-4,6H,5,8H2,1-2H3. The molecule has 2 N–H and O–H groups in total. The van der Waals surface area contributed by atoms with Gasteiger partial charge in [0.25, 0.3) is 0 Å². The van der Waals surface area contributed by atoms with Gasteiger partial charge in [0, 0.05) is 25.4 Å². The first-order valence-electron chi connectivity index (χ1n) is 3.54. The predicted molar refractivity (Wildman–Crippen MR) is 41.8 cm³/mol. The summed E-state index contributed by atoms with van der Waals surface area (Å²) in [5.74, 6) is 6.19. The predicted octanol–water partition coefficient (Wildman–Crippen LogP) is 0.414. The number of aromatic nitrogens is 2. The van der Waals surface area contributed by atoms with Crippen LogP contribution < -0.4 is 5.90 Å². The van der Waals surface area contributed by atoms with Crippen molar-refractivity contribution in [3.8, 4) is 0 Å². The molecule has 4 nitrogen and oxygen atoms in total. The minimum Gasteiger partial charge on any atom is -0.338 e. The maximum Gasteiger partial charge on any atom is 0.113 e. The van der Waals surface area contributed by atoms with Gasteiger partial charge in [-0.15, -0.1) is 0 Å². The van der Waals surface area contributed by atoms with Crippen LogP contribution in [0.4, 0.5) is 0 Å². The molecule has 1 aromatic rings. The van der Waals surface area contributed by atoms with Gasteiger partial charge in [0.15, 0.2) is 0 Å². The number of nitrogens with zero attached hydrogens (tertiary/aromatic N) is 2. The van der Waals surface area contributed by atoms with Crippen LogP contribution >= 0.6 is 0 Å². The van der Waals surface area contributed by atoms with Gasteiger partial charge in [-0.3, -0.25) is 0 Å². The van der Waals surface area contributed by atoms with Crippen molar-refractivity contribution in [2.24, 2.45) is 12.9 Å². The van der Waals surface area contributed by atoms with Gasteiger partial charge in [-0.2, -0.15) is 0 Å². The molecule has 0 aliphatic carbocycles. The van der Waals surface area contributed by atoms with Crippen LogP contribution in [-0.2, 0) is 11.9 Å². The van der Waals surface area contributed by atoms with Gasteiger partial charge in [-0.1, -0.05) is 6.92 Å². The highest BCUT2D eigenvalue weighted by Gasteiger charge is 2.08. The normalized spacial score (nSPS) is 13.4. The molecule has 62 valence electrons. The lowest BCUT2D eigenvalue weighted by atomic mass is 10.2. The van der Waals surface area contributed by atoms with Crippen molar-refractivity contribution >= 4 is 0 Å². The summed E-state index contributed by atoms with van der Waals surface area (Å²) >= 11 is 0. The number of aryl methyl sites for hydroxylation is 1. The first kappa shape index (κ1) is 8.23. The quantitative estimate of drug-likeness (QED) is 0.643. The van der Waals surface area contributed by atoms with Gasteiger partial charge in [0.2, 0.25) is 0 Å². The lowest BCUT2D eigenvalue weighted by Gasteiger charge is -2.08. The van der Waals surface area contributed by atoms with E-state index in [9.17, 15) is 0 Å². The van der Waals surface area contributed by atoms with E-state index >= 15 is 0 Å². The molecule has 1 atom stereocenters. The molecule has 0 fully saturated rings. The smallest absolute Gasteiger partial charge is 0.113 e. The number of rotatable bonds is 3. The minimum atomic E-state index is 0.250. The Kier molecular flexibility index (Phi) is 2.62. The lowest BCUT2D eigenvalue weighted by molar-refractivity contribution is 0.124. The second-order valence-electron chi connectivity index (χ2n) is 2.63. The fourth-order valence-corrected chi connectivity index (χ4v) is 1.07. The second kappa shape index (κ2) is 3.50. The van der Waals surface area contributed by atoms with E-state index in [1.807, 2.05) is 24.7 Å². The van der Waals surface area contributed by atoms with Gasteiger partial charge in [0.05, 0.1) is 6.61 Å². The molecule has 0 radical (unpaired) electrons. The van der Waals surface area contributed by atoms with Crippen LogP contribution in [0.3, 0.4) is 0 Å². The molecule has 11 heavy (non-hydrogen) atoms. The first-order valence-corrected chi connectivity index (χ1v) is 3.54. The van der Waals surface area contributed by atoms with E-state index in [4.69, 9.17) is 5.90 Å². The molecule has 1 unspecified atom stereocenters. The Labute approximate surface area is 65.9 Å². The summed E-state index contributed by atoms with van der Waals surface area (Å²) in [5.41, 5.74) is 0. The zero-order chi connectivity index (χ0) is 8.27. The Morgan fingerprint density at radius 1 is 1.82 bits per heavy atom. The highest BCUT2D eigenvalue weighted by Crippen LogP contribution is 2.10. The summed E-state index contributed by atoms with van der Waals surface area (Å²) in [7, 11) is 1.95. The van der Waals surface area contributed by atoms with Crippen molar-refractivity contribution in [1.82, 2.24) is 9.55 Å². The largest absolute Gasteiger partial charge is 0.338 e. The molecule has 4 heteroatoms. The van der Waals surface area contributed by atoms with Crippen LogP contribution in [0.25, 0.3) is 0 Å². The highest BCUT2D eigenvalue weighted by molar-refractivity contribution is 4.97.